The smallest absolute Gasteiger partial charge is 0.251 e. The van der Waals surface area contributed by atoms with Gasteiger partial charge in [-0.15, -0.1) is 0 Å². The second kappa shape index (κ2) is 12.9. The predicted molar refractivity (Wildman–Crippen MR) is 71.4 cm³/mol. The van der Waals surface area contributed by atoms with Gasteiger partial charge in [0.25, 0.3) is 5.91 Å². The van der Waals surface area contributed by atoms with Crippen LogP contribution < -0.4 is 10.6 Å². The molecule has 8 nitrogen and oxygen atoms in total. The number of amides is 1. The number of aliphatic hydroxyl groups excluding tert-OH is 3. The minimum atomic E-state index is -1.80. The molecule has 0 bridgehead atoms. The predicted octanol–water partition coefficient (Wildman–Crippen LogP) is -1.23. The first-order valence-corrected chi connectivity index (χ1v) is 7.27. The molecule has 0 heterocycles. The maximum absolute atomic E-state index is 11.5. The molecule has 3 atom stereocenters. The molecule has 0 saturated carbocycles. The van der Waals surface area contributed by atoms with Crippen molar-refractivity contribution in [2.45, 2.75) is 63.8 Å². The highest BCUT2D eigenvalue weighted by atomic mass is 17.5. The third kappa shape index (κ3) is 9.72. The van der Waals surface area contributed by atoms with Crippen LogP contribution >= 0.6 is 0 Å². The third-order valence-corrected chi connectivity index (χ3v) is 3.10. The van der Waals surface area contributed by atoms with Crippen LogP contribution in [0.25, 0.3) is 0 Å². The molecule has 126 valence electrons. The fourth-order valence-electron chi connectivity index (χ4n) is 1.78. The van der Waals surface area contributed by atoms with Crippen molar-refractivity contribution in [1.82, 2.24) is 5.32 Å². The third-order valence-electron chi connectivity index (χ3n) is 3.10. The summed E-state index contributed by atoms with van der Waals surface area (Å²) in [5.74, 6) is -0.779. The molecule has 0 aliphatic carbocycles. The van der Waals surface area contributed by atoms with Crippen LogP contribution in [0, 0.1) is 0 Å². The Hall–Kier alpha value is -0.770. The van der Waals surface area contributed by atoms with Gasteiger partial charge in [0.1, 0.15) is 18.8 Å². The zero-order valence-corrected chi connectivity index (χ0v) is 12.4. The van der Waals surface area contributed by atoms with Crippen molar-refractivity contribution in [1.29, 1.82) is 0 Å². The summed E-state index contributed by atoms with van der Waals surface area (Å²) in [6, 6.07) is 0. The molecule has 8 heteroatoms. The van der Waals surface area contributed by atoms with Gasteiger partial charge in [0.15, 0.2) is 6.10 Å². The van der Waals surface area contributed by atoms with Crippen LogP contribution in [0.15, 0.2) is 0 Å². The van der Waals surface area contributed by atoms with E-state index < -0.39 is 30.8 Å². The van der Waals surface area contributed by atoms with E-state index in [0.717, 1.165) is 19.3 Å². The van der Waals surface area contributed by atoms with Crippen LogP contribution in [-0.4, -0.2) is 52.7 Å². The molecular weight excluding hydrogens is 282 g/mol. The fraction of sp³-hybridized carbons (Fsp3) is 0.923. The molecule has 0 aromatic heterocycles. The summed E-state index contributed by atoms with van der Waals surface area (Å²) in [4.78, 5) is 15.4. The van der Waals surface area contributed by atoms with E-state index in [1.54, 1.807) is 0 Å². The van der Waals surface area contributed by atoms with Crippen molar-refractivity contribution < 1.29 is 35.3 Å². The zero-order chi connectivity index (χ0) is 16.1. The second-order valence-corrected chi connectivity index (χ2v) is 4.91. The Bertz CT molecular complexity index is 265. The zero-order valence-electron chi connectivity index (χ0n) is 12.4. The summed E-state index contributed by atoms with van der Waals surface area (Å²) in [6.45, 7) is 1.88. The Labute approximate surface area is 124 Å². The van der Waals surface area contributed by atoms with Gasteiger partial charge in [0.05, 0.1) is 0 Å². The number of nitrogens with one attached hydrogen (secondary N) is 1. The lowest BCUT2D eigenvalue weighted by Crippen LogP contribution is -2.48. The quantitative estimate of drug-likeness (QED) is 0.190. The van der Waals surface area contributed by atoms with E-state index in [2.05, 4.69) is 22.2 Å². The van der Waals surface area contributed by atoms with Gasteiger partial charge in [-0.25, -0.2) is 4.89 Å². The van der Waals surface area contributed by atoms with E-state index in [4.69, 9.17) is 0 Å². The number of carbonyl (C=O) groups is 1. The minimum Gasteiger partial charge on any atom is -0.692 e. The van der Waals surface area contributed by atoms with E-state index in [9.17, 15) is 25.4 Å². The number of rotatable bonds is 13. The van der Waals surface area contributed by atoms with Gasteiger partial charge < -0.3 is 25.9 Å². The van der Waals surface area contributed by atoms with Crippen molar-refractivity contribution in [3.63, 3.8) is 0 Å². The molecule has 4 N–H and O–H groups in total. The SMILES string of the molecule is CCCCCCCCNC(=O)[C@@H](O)[C@@H](O)[C@@H](O)COO[O-]. The molecule has 0 aliphatic heterocycles. The lowest BCUT2D eigenvalue weighted by Gasteiger charge is -2.22. The summed E-state index contributed by atoms with van der Waals surface area (Å²) in [6.07, 6.45) is 1.24. The van der Waals surface area contributed by atoms with Crippen molar-refractivity contribution in [2.75, 3.05) is 13.2 Å². The number of hydrogen-bond donors (Lipinski definition) is 4. The van der Waals surface area contributed by atoms with Crippen LogP contribution in [0.1, 0.15) is 45.4 Å². The number of carbonyl (C=O) groups excluding carboxylic acids is 1. The monoisotopic (exact) mass is 308 g/mol. The van der Waals surface area contributed by atoms with E-state index in [1.165, 1.54) is 19.3 Å². The molecule has 1 amide bonds. The average Bonchev–Trinajstić information content (AvgIpc) is 2.49. The maximum atomic E-state index is 11.5. The Kier molecular flexibility index (Phi) is 12.5. The highest BCUT2D eigenvalue weighted by Gasteiger charge is 2.30. The Morgan fingerprint density at radius 3 is 2.38 bits per heavy atom. The van der Waals surface area contributed by atoms with Gasteiger partial charge >= 0.3 is 0 Å². The van der Waals surface area contributed by atoms with Gasteiger partial charge in [-0.05, 0) is 6.42 Å². The van der Waals surface area contributed by atoms with E-state index in [1.807, 2.05) is 0 Å². The second-order valence-electron chi connectivity index (χ2n) is 4.91. The topological polar surface area (TPSA) is 131 Å². The highest BCUT2D eigenvalue weighted by molar-refractivity contribution is 5.81. The van der Waals surface area contributed by atoms with Crippen LogP contribution in [0.2, 0.25) is 0 Å². The van der Waals surface area contributed by atoms with Crippen molar-refractivity contribution >= 4 is 5.91 Å². The lowest BCUT2D eigenvalue weighted by atomic mass is 10.1. The van der Waals surface area contributed by atoms with E-state index >= 15 is 0 Å². The standard InChI is InChI=1S/C13H27NO7/c1-2-3-4-5-6-7-8-14-13(18)12(17)11(16)10(15)9-20-21-19/h10-12,15-17,19H,2-9H2,1H3,(H,14,18)/p-1/t10-,11-,12-/m0/s1. The van der Waals surface area contributed by atoms with E-state index in [-0.39, 0.29) is 0 Å². The average molecular weight is 308 g/mol. The van der Waals surface area contributed by atoms with Gasteiger partial charge in [0.2, 0.25) is 0 Å². The molecule has 0 unspecified atom stereocenters. The van der Waals surface area contributed by atoms with Gasteiger partial charge in [0, 0.05) is 6.54 Å². The fourth-order valence-corrected chi connectivity index (χ4v) is 1.78. The summed E-state index contributed by atoms with van der Waals surface area (Å²) < 4.78 is 0. The van der Waals surface area contributed by atoms with Crippen molar-refractivity contribution in [3.05, 3.63) is 0 Å². The molecule has 0 fully saturated rings. The van der Waals surface area contributed by atoms with Gasteiger partial charge in [-0.1, -0.05) is 39.0 Å². The lowest BCUT2D eigenvalue weighted by molar-refractivity contribution is -0.800. The van der Waals surface area contributed by atoms with Crippen LogP contribution in [0.3, 0.4) is 0 Å². The molecule has 0 spiro atoms. The Morgan fingerprint density at radius 1 is 1.14 bits per heavy atom. The molecule has 0 aliphatic rings. The van der Waals surface area contributed by atoms with Gasteiger partial charge in [-0.3, -0.25) is 9.83 Å². The maximum Gasteiger partial charge on any atom is 0.251 e. The normalized spacial score (nSPS) is 15.5. The van der Waals surface area contributed by atoms with Crippen LogP contribution in [-0.2, 0) is 14.7 Å². The van der Waals surface area contributed by atoms with Gasteiger partial charge in [-0.2, -0.15) is 0 Å². The molecule has 0 aromatic carbocycles. The summed E-state index contributed by atoms with van der Waals surface area (Å²) in [5, 5.41) is 43.4. The molecule has 0 aromatic rings. The number of unbranched alkanes of at least 4 members (excludes halogenated alkanes) is 5. The molecule has 0 radical (unpaired) electrons. The molecule has 0 saturated heterocycles. The first-order valence-electron chi connectivity index (χ1n) is 7.27. The Balaban J connectivity index is 3.78. The largest absolute Gasteiger partial charge is 0.692 e. The van der Waals surface area contributed by atoms with E-state index in [0.29, 0.717) is 6.54 Å². The first kappa shape index (κ1) is 20.2. The Morgan fingerprint density at radius 2 is 1.76 bits per heavy atom. The summed E-state index contributed by atoms with van der Waals surface area (Å²) >= 11 is 0. The minimum absolute atomic E-state index is 0.394. The summed E-state index contributed by atoms with van der Waals surface area (Å²) in [7, 11) is 0. The molecule has 0 rings (SSSR count). The molecular formula is C13H26NO7-. The van der Waals surface area contributed by atoms with Crippen molar-refractivity contribution in [2.24, 2.45) is 0 Å². The first-order chi connectivity index (χ1) is 10.0. The number of hydrogen-bond acceptors (Lipinski definition) is 7. The molecule has 21 heavy (non-hydrogen) atoms. The van der Waals surface area contributed by atoms with Crippen LogP contribution in [0.4, 0.5) is 0 Å². The number of aliphatic hydroxyl groups is 3. The van der Waals surface area contributed by atoms with Crippen LogP contribution in [0.5, 0.6) is 0 Å². The summed E-state index contributed by atoms with van der Waals surface area (Å²) in [5.41, 5.74) is 0. The van der Waals surface area contributed by atoms with Crippen molar-refractivity contribution in [3.8, 4) is 0 Å². The highest BCUT2D eigenvalue weighted by Crippen LogP contribution is 2.05.